The highest BCUT2D eigenvalue weighted by Crippen LogP contribution is 2.16. The Bertz CT molecular complexity index is 294. The molecule has 0 radical (unpaired) electrons. The zero-order valence-electron chi connectivity index (χ0n) is 7.17. The van der Waals surface area contributed by atoms with Gasteiger partial charge in [-0.3, -0.25) is 0 Å². The fraction of sp³-hybridized carbons (Fsp3) is 0.300. The molecule has 0 aromatic heterocycles. The second kappa shape index (κ2) is 3.48. The van der Waals surface area contributed by atoms with E-state index in [1.807, 2.05) is 0 Å². The van der Waals surface area contributed by atoms with Gasteiger partial charge in [0, 0.05) is 5.92 Å². The standard InChI is InChI=1S/C10H11FO/c1-7-3-4-9(5-10(7)11)8(2)6-12/h3-6,8H,1-2H3. The molecular weight excluding hydrogens is 155 g/mol. The number of carbonyl (C=O) groups is 1. The normalized spacial score (nSPS) is 12.6. The quantitative estimate of drug-likeness (QED) is 0.617. The summed E-state index contributed by atoms with van der Waals surface area (Å²) < 4.78 is 13.0. The van der Waals surface area contributed by atoms with Crippen molar-refractivity contribution in [3.05, 3.63) is 35.1 Å². The summed E-state index contributed by atoms with van der Waals surface area (Å²) in [5, 5.41) is 0. The minimum atomic E-state index is -0.249. The highest BCUT2D eigenvalue weighted by molar-refractivity contribution is 5.61. The van der Waals surface area contributed by atoms with Crippen LogP contribution < -0.4 is 0 Å². The second-order valence-corrected chi connectivity index (χ2v) is 2.93. The van der Waals surface area contributed by atoms with Crippen molar-refractivity contribution >= 4 is 6.29 Å². The number of benzene rings is 1. The van der Waals surface area contributed by atoms with Gasteiger partial charge in [-0.1, -0.05) is 19.1 Å². The number of aldehydes is 1. The Kier molecular flexibility index (Phi) is 2.58. The molecule has 1 nitrogen and oxygen atoms in total. The van der Waals surface area contributed by atoms with E-state index in [0.717, 1.165) is 11.8 Å². The summed E-state index contributed by atoms with van der Waals surface area (Å²) in [6.07, 6.45) is 0.810. The topological polar surface area (TPSA) is 17.1 Å². The highest BCUT2D eigenvalue weighted by atomic mass is 19.1. The van der Waals surface area contributed by atoms with Crippen LogP contribution in [0.5, 0.6) is 0 Å². The van der Waals surface area contributed by atoms with Crippen molar-refractivity contribution in [1.29, 1.82) is 0 Å². The van der Waals surface area contributed by atoms with Crippen LogP contribution in [0.1, 0.15) is 24.0 Å². The second-order valence-electron chi connectivity index (χ2n) is 2.93. The molecule has 1 rings (SSSR count). The van der Waals surface area contributed by atoms with E-state index < -0.39 is 0 Å². The van der Waals surface area contributed by atoms with Gasteiger partial charge in [-0.25, -0.2) is 4.39 Å². The minimum absolute atomic E-state index is 0.222. The van der Waals surface area contributed by atoms with E-state index in [1.54, 1.807) is 26.0 Å². The number of aryl methyl sites for hydroxylation is 1. The van der Waals surface area contributed by atoms with Gasteiger partial charge in [0.15, 0.2) is 0 Å². The molecule has 0 saturated carbocycles. The van der Waals surface area contributed by atoms with Gasteiger partial charge in [-0.05, 0) is 24.1 Å². The first-order chi connectivity index (χ1) is 5.65. The Morgan fingerprint density at radius 2 is 2.17 bits per heavy atom. The molecular formula is C10H11FO. The fourth-order valence-electron chi connectivity index (χ4n) is 0.971. The van der Waals surface area contributed by atoms with Crippen molar-refractivity contribution in [3.8, 4) is 0 Å². The molecule has 0 bridgehead atoms. The number of carbonyl (C=O) groups excluding carboxylic acids is 1. The van der Waals surface area contributed by atoms with E-state index >= 15 is 0 Å². The van der Waals surface area contributed by atoms with Gasteiger partial charge in [0.05, 0.1) is 0 Å². The lowest BCUT2D eigenvalue weighted by Crippen LogP contribution is -1.95. The van der Waals surface area contributed by atoms with E-state index in [2.05, 4.69) is 0 Å². The Labute approximate surface area is 71.2 Å². The summed E-state index contributed by atoms with van der Waals surface area (Å²) >= 11 is 0. The molecule has 1 aromatic carbocycles. The molecule has 2 heteroatoms. The smallest absolute Gasteiger partial charge is 0.127 e. The van der Waals surface area contributed by atoms with E-state index in [1.165, 1.54) is 6.07 Å². The summed E-state index contributed by atoms with van der Waals surface area (Å²) in [7, 11) is 0. The van der Waals surface area contributed by atoms with E-state index in [0.29, 0.717) is 5.56 Å². The number of rotatable bonds is 2. The zero-order valence-corrected chi connectivity index (χ0v) is 7.17. The number of halogens is 1. The third kappa shape index (κ3) is 1.70. The average Bonchev–Trinajstić information content (AvgIpc) is 2.08. The maximum absolute atomic E-state index is 13.0. The molecule has 0 amide bonds. The Balaban J connectivity index is 3.04. The molecule has 0 fully saturated rings. The summed E-state index contributed by atoms with van der Waals surface area (Å²) in [5.41, 5.74) is 1.34. The van der Waals surface area contributed by atoms with Gasteiger partial charge < -0.3 is 4.79 Å². The lowest BCUT2D eigenvalue weighted by atomic mass is 10.0. The first-order valence-corrected chi connectivity index (χ1v) is 3.86. The third-order valence-corrected chi connectivity index (χ3v) is 1.93. The van der Waals surface area contributed by atoms with Crippen LogP contribution in [0.3, 0.4) is 0 Å². The number of hydrogen-bond acceptors (Lipinski definition) is 1. The maximum Gasteiger partial charge on any atom is 0.127 e. The maximum atomic E-state index is 13.0. The molecule has 12 heavy (non-hydrogen) atoms. The van der Waals surface area contributed by atoms with Crippen LogP contribution in [-0.4, -0.2) is 6.29 Å². The molecule has 1 atom stereocenters. The van der Waals surface area contributed by atoms with Crippen LogP contribution >= 0.6 is 0 Å². The zero-order chi connectivity index (χ0) is 9.14. The van der Waals surface area contributed by atoms with Gasteiger partial charge in [-0.2, -0.15) is 0 Å². The van der Waals surface area contributed by atoms with Crippen LogP contribution in [0, 0.1) is 12.7 Å². The van der Waals surface area contributed by atoms with Crippen molar-refractivity contribution in [1.82, 2.24) is 0 Å². The highest BCUT2D eigenvalue weighted by Gasteiger charge is 2.05. The van der Waals surface area contributed by atoms with Gasteiger partial charge in [-0.15, -0.1) is 0 Å². The van der Waals surface area contributed by atoms with Crippen LogP contribution in [0.25, 0.3) is 0 Å². The van der Waals surface area contributed by atoms with Crippen molar-refractivity contribution in [2.45, 2.75) is 19.8 Å². The van der Waals surface area contributed by atoms with Crippen LogP contribution in [0.2, 0.25) is 0 Å². The Hall–Kier alpha value is -1.18. The summed E-state index contributed by atoms with van der Waals surface area (Å²) in [6.45, 7) is 3.45. The fourth-order valence-corrected chi connectivity index (χ4v) is 0.971. The predicted octanol–water partition coefficient (Wildman–Crippen LogP) is 2.44. The summed E-state index contributed by atoms with van der Waals surface area (Å²) in [5.74, 6) is -0.471. The van der Waals surface area contributed by atoms with Gasteiger partial charge in [0.2, 0.25) is 0 Å². The van der Waals surface area contributed by atoms with Crippen LogP contribution in [0.4, 0.5) is 4.39 Å². The lowest BCUT2D eigenvalue weighted by molar-refractivity contribution is -0.108. The molecule has 0 aliphatic carbocycles. The van der Waals surface area contributed by atoms with Gasteiger partial charge in [0.1, 0.15) is 12.1 Å². The first-order valence-electron chi connectivity index (χ1n) is 3.86. The molecule has 0 aliphatic rings. The average molecular weight is 166 g/mol. The van der Waals surface area contributed by atoms with Crippen molar-refractivity contribution in [3.63, 3.8) is 0 Å². The minimum Gasteiger partial charge on any atom is -0.303 e. The Morgan fingerprint density at radius 3 is 2.67 bits per heavy atom. The molecule has 1 aromatic rings. The van der Waals surface area contributed by atoms with Crippen LogP contribution in [0.15, 0.2) is 18.2 Å². The van der Waals surface area contributed by atoms with E-state index in [4.69, 9.17) is 0 Å². The Morgan fingerprint density at radius 1 is 1.50 bits per heavy atom. The summed E-state index contributed by atoms with van der Waals surface area (Å²) in [4.78, 5) is 10.4. The predicted molar refractivity (Wildman–Crippen MR) is 45.6 cm³/mol. The van der Waals surface area contributed by atoms with Gasteiger partial charge in [0.25, 0.3) is 0 Å². The molecule has 64 valence electrons. The molecule has 0 spiro atoms. The first kappa shape index (κ1) is 8.91. The van der Waals surface area contributed by atoms with E-state index in [9.17, 15) is 9.18 Å². The molecule has 0 aliphatic heterocycles. The third-order valence-electron chi connectivity index (χ3n) is 1.93. The molecule has 0 N–H and O–H groups in total. The largest absolute Gasteiger partial charge is 0.303 e. The monoisotopic (exact) mass is 166 g/mol. The van der Waals surface area contributed by atoms with E-state index in [-0.39, 0.29) is 11.7 Å². The molecule has 1 unspecified atom stereocenters. The lowest BCUT2D eigenvalue weighted by Gasteiger charge is -2.04. The van der Waals surface area contributed by atoms with Crippen LogP contribution in [-0.2, 0) is 4.79 Å². The molecule has 0 heterocycles. The van der Waals surface area contributed by atoms with Crippen molar-refractivity contribution < 1.29 is 9.18 Å². The number of hydrogen-bond donors (Lipinski definition) is 0. The van der Waals surface area contributed by atoms with Gasteiger partial charge >= 0.3 is 0 Å². The SMILES string of the molecule is Cc1ccc(C(C)C=O)cc1F. The summed E-state index contributed by atoms with van der Waals surface area (Å²) in [6, 6.07) is 4.87. The van der Waals surface area contributed by atoms with Crippen molar-refractivity contribution in [2.75, 3.05) is 0 Å². The molecule has 0 saturated heterocycles. The van der Waals surface area contributed by atoms with Crippen molar-refractivity contribution in [2.24, 2.45) is 0 Å².